The first-order chi connectivity index (χ1) is 15.5. The van der Waals surface area contributed by atoms with E-state index >= 15 is 0 Å². The summed E-state index contributed by atoms with van der Waals surface area (Å²) < 4.78 is 38.2. The van der Waals surface area contributed by atoms with Gasteiger partial charge in [-0.15, -0.1) is 0 Å². The van der Waals surface area contributed by atoms with E-state index < -0.39 is 10.0 Å². The molecule has 32 heavy (non-hydrogen) atoms. The van der Waals surface area contributed by atoms with Crippen LogP contribution in [0.15, 0.2) is 70.0 Å². The number of benzene rings is 3. The molecule has 1 saturated heterocycles. The third-order valence-corrected chi connectivity index (χ3v) is 7.68. The van der Waals surface area contributed by atoms with Crippen molar-refractivity contribution < 1.29 is 22.4 Å². The summed E-state index contributed by atoms with van der Waals surface area (Å²) in [6.45, 7) is 1.07. The summed E-state index contributed by atoms with van der Waals surface area (Å²) >= 11 is 0. The Hall–Kier alpha value is -3.36. The number of rotatable bonds is 5. The number of ether oxygens (including phenoxy) is 1. The molecule has 1 aliphatic rings. The van der Waals surface area contributed by atoms with Gasteiger partial charge in [-0.2, -0.15) is 4.31 Å². The smallest absolute Gasteiger partial charge is 0.255 e. The van der Waals surface area contributed by atoms with Crippen molar-refractivity contribution >= 4 is 43.6 Å². The van der Waals surface area contributed by atoms with Crippen molar-refractivity contribution in [1.29, 1.82) is 0 Å². The Kier molecular flexibility index (Phi) is 5.11. The maximum atomic E-state index is 12.9. The highest BCUT2D eigenvalue weighted by Crippen LogP contribution is 2.36. The first-order valence-corrected chi connectivity index (χ1v) is 11.8. The summed E-state index contributed by atoms with van der Waals surface area (Å²) in [6, 6.07) is 17.2. The lowest BCUT2D eigenvalue weighted by Gasteiger charge is -2.15. The van der Waals surface area contributed by atoms with Crippen molar-refractivity contribution in [2.45, 2.75) is 17.7 Å². The molecule has 2 heterocycles. The van der Waals surface area contributed by atoms with Crippen LogP contribution in [-0.4, -0.2) is 38.8 Å². The van der Waals surface area contributed by atoms with Gasteiger partial charge in [0.25, 0.3) is 5.91 Å². The number of methoxy groups -OCH3 is 1. The van der Waals surface area contributed by atoms with Crippen LogP contribution in [0, 0.1) is 0 Å². The van der Waals surface area contributed by atoms with Crippen LogP contribution in [0.1, 0.15) is 23.2 Å². The topological polar surface area (TPSA) is 88.8 Å². The van der Waals surface area contributed by atoms with Crippen LogP contribution in [0.2, 0.25) is 0 Å². The molecule has 0 spiro atoms. The lowest BCUT2D eigenvalue weighted by Crippen LogP contribution is -2.27. The van der Waals surface area contributed by atoms with Gasteiger partial charge < -0.3 is 14.5 Å². The zero-order valence-corrected chi connectivity index (χ0v) is 18.3. The van der Waals surface area contributed by atoms with E-state index in [1.165, 1.54) is 35.7 Å². The molecule has 0 saturated carbocycles. The fraction of sp³-hybridized carbons (Fsp3) is 0.208. The number of para-hydroxylation sites is 1. The van der Waals surface area contributed by atoms with Crippen molar-refractivity contribution in [3.63, 3.8) is 0 Å². The highest BCUT2D eigenvalue weighted by Gasteiger charge is 2.27. The third-order valence-electron chi connectivity index (χ3n) is 5.77. The number of furan rings is 1. The molecule has 0 bridgehead atoms. The van der Waals surface area contributed by atoms with Crippen molar-refractivity contribution in [3.05, 3.63) is 66.2 Å². The third kappa shape index (κ3) is 3.51. The maximum Gasteiger partial charge on any atom is 0.255 e. The summed E-state index contributed by atoms with van der Waals surface area (Å²) in [5, 5.41) is 4.71. The number of hydrogen-bond acceptors (Lipinski definition) is 5. The van der Waals surface area contributed by atoms with E-state index in [1.807, 2.05) is 30.3 Å². The number of fused-ring (bicyclic) bond motifs is 3. The summed E-state index contributed by atoms with van der Waals surface area (Å²) in [7, 11) is -1.98. The second-order valence-electron chi connectivity index (χ2n) is 7.74. The van der Waals surface area contributed by atoms with Crippen LogP contribution in [0.25, 0.3) is 21.9 Å². The number of carbonyl (C=O) groups excluding carboxylic acids is 1. The minimum atomic E-state index is -3.52. The van der Waals surface area contributed by atoms with Gasteiger partial charge in [-0.1, -0.05) is 18.2 Å². The fourth-order valence-corrected chi connectivity index (χ4v) is 5.59. The number of nitrogens with zero attached hydrogens (tertiary/aromatic N) is 1. The normalized spacial score (nSPS) is 14.8. The number of amides is 1. The van der Waals surface area contributed by atoms with E-state index in [4.69, 9.17) is 9.15 Å². The Labute approximate surface area is 185 Å². The van der Waals surface area contributed by atoms with E-state index in [0.29, 0.717) is 35.7 Å². The van der Waals surface area contributed by atoms with Gasteiger partial charge in [-0.3, -0.25) is 4.79 Å². The quantitative estimate of drug-likeness (QED) is 0.479. The number of hydrogen-bond donors (Lipinski definition) is 1. The fourth-order valence-electron chi connectivity index (χ4n) is 4.07. The molecule has 1 fully saturated rings. The van der Waals surface area contributed by atoms with E-state index in [0.717, 1.165) is 29.2 Å². The lowest BCUT2D eigenvalue weighted by molar-refractivity contribution is 0.102. The van der Waals surface area contributed by atoms with Crippen molar-refractivity contribution in [2.24, 2.45) is 0 Å². The zero-order valence-electron chi connectivity index (χ0n) is 17.5. The second-order valence-corrected chi connectivity index (χ2v) is 9.67. The molecule has 4 aromatic rings. The number of carbonyl (C=O) groups is 1. The summed E-state index contributed by atoms with van der Waals surface area (Å²) in [4.78, 5) is 13.0. The van der Waals surface area contributed by atoms with E-state index in [9.17, 15) is 13.2 Å². The maximum absolute atomic E-state index is 12.9. The molecule has 8 heteroatoms. The van der Waals surface area contributed by atoms with E-state index in [2.05, 4.69) is 5.32 Å². The molecule has 3 aromatic carbocycles. The molecule has 1 N–H and O–H groups in total. The average molecular weight is 451 g/mol. The van der Waals surface area contributed by atoms with Crippen molar-refractivity contribution in [1.82, 2.24) is 4.31 Å². The summed E-state index contributed by atoms with van der Waals surface area (Å²) in [5.41, 5.74) is 2.20. The Balaban J connectivity index is 1.42. The molecule has 164 valence electrons. The molecule has 7 nitrogen and oxygen atoms in total. The van der Waals surface area contributed by atoms with Gasteiger partial charge in [0.1, 0.15) is 16.9 Å². The average Bonchev–Trinajstić information content (AvgIpc) is 3.47. The second kappa shape index (κ2) is 7.96. The van der Waals surface area contributed by atoms with Gasteiger partial charge in [0.15, 0.2) is 0 Å². The minimum absolute atomic E-state index is 0.192. The predicted octanol–water partition coefficient (Wildman–Crippen LogP) is 4.63. The molecule has 1 aromatic heterocycles. The Morgan fingerprint density at radius 2 is 1.69 bits per heavy atom. The molecule has 0 radical (unpaired) electrons. The van der Waals surface area contributed by atoms with Gasteiger partial charge in [0.05, 0.1) is 17.7 Å². The van der Waals surface area contributed by atoms with E-state index in [-0.39, 0.29) is 10.8 Å². The molecule has 1 aliphatic heterocycles. The summed E-state index contributed by atoms with van der Waals surface area (Å²) in [6.07, 6.45) is 1.74. The SMILES string of the molecule is COc1cc2c(cc1NC(=O)c1ccc(S(=O)(=O)N3CCCC3)cc1)oc1ccccc12. The van der Waals surface area contributed by atoms with Crippen LogP contribution >= 0.6 is 0 Å². The largest absolute Gasteiger partial charge is 0.495 e. The number of anilines is 1. The van der Waals surface area contributed by atoms with Crippen LogP contribution < -0.4 is 10.1 Å². The van der Waals surface area contributed by atoms with E-state index in [1.54, 1.807) is 6.07 Å². The highest BCUT2D eigenvalue weighted by atomic mass is 32.2. The molecule has 0 atom stereocenters. The first kappa shape index (κ1) is 20.5. The molecular weight excluding hydrogens is 428 g/mol. The summed E-state index contributed by atoms with van der Waals surface area (Å²) in [5.74, 6) is 0.134. The predicted molar refractivity (Wildman–Crippen MR) is 123 cm³/mol. The lowest BCUT2D eigenvalue weighted by atomic mass is 10.1. The molecule has 0 unspecified atom stereocenters. The van der Waals surface area contributed by atoms with Crippen LogP contribution in [0.4, 0.5) is 5.69 Å². The first-order valence-electron chi connectivity index (χ1n) is 10.4. The number of nitrogens with one attached hydrogen (secondary N) is 1. The standard InChI is InChI=1S/C24H22N2O5S/c1-30-23-14-19-18-6-2-3-7-21(18)31-22(19)15-20(23)25-24(27)16-8-10-17(11-9-16)32(28,29)26-12-4-5-13-26/h2-3,6-11,14-15H,4-5,12-13H2,1H3,(H,25,27). The van der Waals surface area contributed by atoms with Gasteiger partial charge in [0.2, 0.25) is 10.0 Å². The highest BCUT2D eigenvalue weighted by molar-refractivity contribution is 7.89. The van der Waals surface area contributed by atoms with Gasteiger partial charge >= 0.3 is 0 Å². The van der Waals surface area contributed by atoms with Crippen molar-refractivity contribution in [3.8, 4) is 5.75 Å². The van der Waals surface area contributed by atoms with Crippen molar-refractivity contribution in [2.75, 3.05) is 25.5 Å². The van der Waals surface area contributed by atoms with Crippen LogP contribution in [-0.2, 0) is 10.0 Å². The van der Waals surface area contributed by atoms with Gasteiger partial charge in [-0.05, 0) is 49.2 Å². The molecule has 1 amide bonds. The zero-order chi connectivity index (χ0) is 22.3. The molecule has 0 aliphatic carbocycles. The van der Waals surface area contributed by atoms with Crippen LogP contribution in [0.5, 0.6) is 5.75 Å². The minimum Gasteiger partial charge on any atom is -0.495 e. The Bertz CT molecular complexity index is 1420. The van der Waals surface area contributed by atoms with Gasteiger partial charge in [0, 0.05) is 35.5 Å². The van der Waals surface area contributed by atoms with Crippen LogP contribution in [0.3, 0.4) is 0 Å². The molecule has 5 rings (SSSR count). The molecular formula is C24H22N2O5S. The van der Waals surface area contributed by atoms with Gasteiger partial charge in [-0.25, -0.2) is 8.42 Å². The monoisotopic (exact) mass is 450 g/mol. The Morgan fingerprint density at radius 3 is 2.41 bits per heavy atom. The number of sulfonamides is 1. The Morgan fingerprint density at radius 1 is 0.969 bits per heavy atom.